The van der Waals surface area contributed by atoms with Crippen molar-refractivity contribution in [1.29, 1.82) is 0 Å². The van der Waals surface area contributed by atoms with E-state index in [4.69, 9.17) is 4.74 Å². The summed E-state index contributed by atoms with van der Waals surface area (Å²) >= 11 is 0. The maximum Gasteiger partial charge on any atom is 0.154 e. The van der Waals surface area contributed by atoms with E-state index < -0.39 is 9.84 Å². The van der Waals surface area contributed by atoms with Crippen LogP contribution in [0.4, 0.5) is 0 Å². The van der Waals surface area contributed by atoms with Crippen LogP contribution in [0.3, 0.4) is 0 Å². The predicted molar refractivity (Wildman–Crippen MR) is 93.1 cm³/mol. The number of nitrogens with zero attached hydrogens (tertiary/aromatic N) is 2. The molecule has 0 radical (unpaired) electrons. The summed E-state index contributed by atoms with van der Waals surface area (Å²) in [7, 11) is -3.13. The third-order valence-electron chi connectivity index (χ3n) is 3.93. The summed E-state index contributed by atoms with van der Waals surface area (Å²) in [4.78, 5) is 8.55. The minimum Gasteiger partial charge on any atom is -0.381 e. The maximum absolute atomic E-state index is 12.2. The van der Waals surface area contributed by atoms with Crippen LogP contribution >= 0.6 is 0 Å². The van der Waals surface area contributed by atoms with Crippen LogP contribution in [0.1, 0.15) is 24.8 Å². The zero-order valence-corrected chi connectivity index (χ0v) is 14.4. The fourth-order valence-electron chi connectivity index (χ4n) is 2.42. The van der Waals surface area contributed by atoms with E-state index >= 15 is 0 Å². The average molecular weight is 346 g/mol. The molecule has 6 heteroatoms. The Bertz CT molecular complexity index is 742. The van der Waals surface area contributed by atoms with Gasteiger partial charge in [-0.1, -0.05) is 12.1 Å². The topological polar surface area (TPSA) is 69.2 Å². The van der Waals surface area contributed by atoms with Crippen LogP contribution in [0.2, 0.25) is 0 Å². The van der Waals surface area contributed by atoms with Gasteiger partial charge in [-0.2, -0.15) is 0 Å². The van der Waals surface area contributed by atoms with Gasteiger partial charge in [-0.25, -0.2) is 8.42 Å². The van der Waals surface area contributed by atoms with Gasteiger partial charge in [0.1, 0.15) is 0 Å². The lowest BCUT2D eigenvalue weighted by Crippen LogP contribution is -2.12. The Labute approximate surface area is 143 Å². The minimum absolute atomic E-state index is 0.0190. The fourth-order valence-corrected chi connectivity index (χ4v) is 3.80. The van der Waals surface area contributed by atoms with Gasteiger partial charge in [0.2, 0.25) is 0 Å². The quantitative estimate of drug-likeness (QED) is 0.653. The normalized spacial score (nSPS) is 14.7. The summed E-state index contributed by atoms with van der Waals surface area (Å²) in [6, 6.07) is 9.23. The van der Waals surface area contributed by atoms with Crippen molar-refractivity contribution in [3.63, 3.8) is 0 Å². The van der Waals surface area contributed by atoms with E-state index in [1.54, 1.807) is 18.5 Å². The molecule has 0 unspecified atom stereocenters. The van der Waals surface area contributed by atoms with Crippen LogP contribution in [0.5, 0.6) is 0 Å². The van der Waals surface area contributed by atoms with Crippen molar-refractivity contribution in [2.75, 3.05) is 19.0 Å². The summed E-state index contributed by atoms with van der Waals surface area (Å²) in [5.74, 6) is 0.885. The van der Waals surface area contributed by atoms with E-state index in [-0.39, 0.29) is 11.5 Å². The van der Waals surface area contributed by atoms with Gasteiger partial charge in [0.05, 0.1) is 22.9 Å². The number of pyridine rings is 2. The Hall–Kier alpha value is -1.79. The van der Waals surface area contributed by atoms with Crippen molar-refractivity contribution >= 4 is 9.84 Å². The molecular formula is C18H22N2O3S. The molecule has 128 valence electrons. The molecule has 5 nitrogen and oxygen atoms in total. The second-order valence-corrected chi connectivity index (χ2v) is 8.41. The molecule has 0 saturated heterocycles. The molecule has 1 fully saturated rings. The molecule has 0 bridgehead atoms. The highest BCUT2D eigenvalue weighted by Gasteiger charge is 2.21. The zero-order valence-electron chi connectivity index (χ0n) is 13.6. The standard InChI is InChI=1S/C18H22N2O3S/c21-24(22,11-3-10-23-13-15-5-6-15)14-16-7-8-18(20-12-16)17-4-1-2-9-19-17/h1-2,4,7-9,12,15H,3,5-6,10-11,13-14H2. The van der Waals surface area contributed by atoms with Gasteiger partial charge in [-0.15, -0.1) is 0 Å². The lowest BCUT2D eigenvalue weighted by atomic mass is 10.2. The fraction of sp³-hybridized carbons (Fsp3) is 0.444. The Morgan fingerprint density at radius 2 is 1.92 bits per heavy atom. The van der Waals surface area contributed by atoms with Gasteiger partial charge in [-0.3, -0.25) is 9.97 Å². The zero-order chi connectivity index (χ0) is 16.8. The van der Waals surface area contributed by atoms with Crippen molar-refractivity contribution in [1.82, 2.24) is 9.97 Å². The molecule has 1 aliphatic rings. The summed E-state index contributed by atoms with van der Waals surface area (Å²) in [5, 5.41) is 0. The summed E-state index contributed by atoms with van der Waals surface area (Å²) < 4.78 is 29.8. The van der Waals surface area contributed by atoms with Crippen LogP contribution in [0.15, 0.2) is 42.7 Å². The lowest BCUT2D eigenvalue weighted by Gasteiger charge is -2.06. The number of sulfone groups is 1. The van der Waals surface area contributed by atoms with E-state index in [2.05, 4.69) is 9.97 Å². The summed E-state index contributed by atoms with van der Waals surface area (Å²) in [6.07, 6.45) is 6.37. The number of aromatic nitrogens is 2. The summed E-state index contributed by atoms with van der Waals surface area (Å²) in [6.45, 7) is 1.30. The minimum atomic E-state index is -3.13. The first-order valence-corrected chi connectivity index (χ1v) is 10.1. The van der Waals surface area contributed by atoms with Crippen molar-refractivity contribution in [2.45, 2.75) is 25.0 Å². The van der Waals surface area contributed by atoms with Gasteiger partial charge in [-0.05, 0) is 48.9 Å². The van der Waals surface area contributed by atoms with Crippen LogP contribution in [-0.4, -0.2) is 37.4 Å². The van der Waals surface area contributed by atoms with Crippen LogP contribution < -0.4 is 0 Å². The van der Waals surface area contributed by atoms with Crippen LogP contribution in [0, 0.1) is 5.92 Å². The first kappa shape index (κ1) is 17.0. The highest BCUT2D eigenvalue weighted by atomic mass is 32.2. The van der Waals surface area contributed by atoms with Crippen LogP contribution in [0.25, 0.3) is 11.4 Å². The Morgan fingerprint density at radius 3 is 2.58 bits per heavy atom. The van der Waals surface area contributed by atoms with E-state index in [0.29, 0.717) is 24.5 Å². The van der Waals surface area contributed by atoms with Gasteiger partial charge in [0.25, 0.3) is 0 Å². The molecule has 24 heavy (non-hydrogen) atoms. The molecule has 1 aliphatic carbocycles. The first-order chi connectivity index (χ1) is 11.6. The molecule has 2 aromatic heterocycles. The highest BCUT2D eigenvalue weighted by molar-refractivity contribution is 7.90. The molecule has 0 aliphatic heterocycles. The second-order valence-electron chi connectivity index (χ2n) is 6.23. The van der Waals surface area contributed by atoms with Crippen molar-refractivity contribution in [3.8, 4) is 11.4 Å². The molecule has 0 atom stereocenters. The molecule has 2 heterocycles. The number of rotatable bonds is 9. The second kappa shape index (κ2) is 7.85. The third-order valence-corrected chi connectivity index (χ3v) is 5.62. The monoisotopic (exact) mass is 346 g/mol. The Kier molecular flexibility index (Phi) is 5.58. The van der Waals surface area contributed by atoms with Gasteiger partial charge in [0.15, 0.2) is 9.84 Å². The number of ether oxygens (including phenoxy) is 1. The van der Waals surface area contributed by atoms with Crippen molar-refractivity contribution in [2.24, 2.45) is 5.92 Å². The van der Waals surface area contributed by atoms with E-state index in [1.807, 2.05) is 24.3 Å². The smallest absolute Gasteiger partial charge is 0.154 e. The molecule has 2 aromatic rings. The van der Waals surface area contributed by atoms with Gasteiger partial charge in [0, 0.05) is 25.6 Å². The first-order valence-electron chi connectivity index (χ1n) is 8.27. The van der Waals surface area contributed by atoms with Crippen molar-refractivity contribution in [3.05, 3.63) is 48.3 Å². The molecular weight excluding hydrogens is 324 g/mol. The predicted octanol–water partition coefficient (Wildman–Crippen LogP) is 2.88. The van der Waals surface area contributed by atoms with Crippen LogP contribution in [-0.2, 0) is 20.3 Å². The largest absolute Gasteiger partial charge is 0.381 e. The molecule has 1 saturated carbocycles. The highest BCUT2D eigenvalue weighted by Crippen LogP contribution is 2.28. The molecule has 0 N–H and O–H groups in total. The van der Waals surface area contributed by atoms with E-state index in [9.17, 15) is 8.42 Å². The SMILES string of the molecule is O=S(=O)(CCCOCC1CC1)Cc1ccc(-c2ccccn2)nc1. The van der Waals surface area contributed by atoms with Gasteiger partial charge < -0.3 is 4.74 Å². The molecule has 0 spiro atoms. The Morgan fingerprint density at radius 1 is 1.08 bits per heavy atom. The summed E-state index contributed by atoms with van der Waals surface area (Å²) in [5.41, 5.74) is 2.22. The number of hydrogen-bond acceptors (Lipinski definition) is 5. The number of hydrogen-bond donors (Lipinski definition) is 0. The molecule has 0 aromatic carbocycles. The average Bonchev–Trinajstić information content (AvgIpc) is 3.40. The molecule has 3 rings (SSSR count). The van der Waals surface area contributed by atoms with E-state index in [1.165, 1.54) is 12.8 Å². The Balaban J connectivity index is 1.48. The lowest BCUT2D eigenvalue weighted by molar-refractivity contribution is 0.125. The maximum atomic E-state index is 12.2. The van der Waals surface area contributed by atoms with Crippen molar-refractivity contribution < 1.29 is 13.2 Å². The molecule has 0 amide bonds. The van der Waals surface area contributed by atoms with Gasteiger partial charge >= 0.3 is 0 Å². The third kappa shape index (κ3) is 5.39. The van der Waals surface area contributed by atoms with E-state index in [0.717, 1.165) is 18.0 Å².